The Morgan fingerprint density at radius 2 is 1.79 bits per heavy atom. The third-order valence-corrected chi connectivity index (χ3v) is 6.30. The lowest BCUT2D eigenvalue weighted by Gasteiger charge is -2.08. The number of nitrogens with zero attached hydrogens (tertiary/aromatic N) is 4. The second-order valence-corrected chi connectivity index (χ2v) is 9.64. The van der Waals surface area contributed by atoms with E-state index in [2.05, 4.69) is 35.5 Å². The van der Waals surface area contributed by atoms with Crippen molar-refractivity contribution in [3.63, 3.8) is 0 Å². The van der Waals surface area contributed by atoms with Crippen molar-refractivity contribution < 1.29 is 9.18 Å². The van der Waals surface area contributed by atoms with Crippen LogP contribution in [0.2, 0.25) is 0 Å². The van der Waals surface area contributed by atoms with Gasteiger partial charge in [0, 0.05) is 52.5 Å². The van der Waals surface area contributed by atoms with Gasteiger partial charge in [-0.1, -0.05) is 26.0 Å². The number of pyridine rings is 3. The molecule has 188 valence electrons. The lowest BCUT2D eigenvalue weighted by atomic mass is 10.0. The summed E-state index contributed by atoms with van der Waals surface area (Å²) in [6.07, 6.45) is 9.03. The van der Waals surface area contributed by atoms with E-state index in [4.69, 9.17) is 0 Å². The maximum Gasteiger partial charge on any atom is 0.224 e. The fourth-order valence-corrected chi connectivity index (χ4v) is 4.58. The molecule has 1 aromatic carbocycles. The number of anilines is 1. The summed E-state index contributed by atoms with van der Waals surface area (Å²) >= 11 is 0. The van der Waals surface area contributed by atoms with Gasteiger partial charge in [-0.3, -0.25) is 19.9 Å². The zero-order valence-electron chi connectivity index (χ0n) is 20.8. The molecule has 5 heterocycles. The molecule has 0 atom stereocenters. The van der Waals surface area contributed by atoms with Crippen LogP contribution in [0, 0.1) is 11.7 Å². The lowest BCUT2D eigenvalue weighted by Crippen LogP contribution is -2.13. The van der Waals surface area contributed by atoms with Crippen LogP contribution in [-0.2, 0) is 4.79 Å². The topological polar surface area (TPSA) is 112 Å². The van der Waals surface area contributed by atoms with Crippen molar-refractivity contribution in [1.29, 1.82) is 0 Å². The normalized spacial score (nSPS) is 11.5. The number of aromatic amines is 2. The van der Waals surface area contributed by atoms with Gasteiger partial charge in [0.25, 0.3) is 0 Å². The summed E-state index contributed by atoms with van der Waals surface area (Å²) < 4.78 is 13.9. The van der Waals surface area contributed by atoms with E-state index in [9.17, 15) is 9.18 Å². The van der Waals surface area contributed by atoms with Gasteiger partial charge < -0.3 is 10.3 Å². The minimum atomic E-state index is -0.301. The quantitative estimate of drug-likeness (QED) is 0.244. The molecular weight excluding hydrogens is 481 g/mol. The first-order valence-corrected chi connectivity index (χ1v) is 12.3. The maximum atomic E-state index is 13.9. The first-order valence-electron chi connectivity index (χ1n) is 12.3. The number of benzene rings is 1. The summed E-state index contributed by atoms with van der Waals surface area (Å²) in [7, 11) is 0. The number of hydrogen-bond acceptors (Lipinski definition) is 5. The van der Waals surface area contributed by atoms with Crippen molar-refractivity contribution in [1.82, 2.24) is 30.1 Å². The highest BCUT2D eigenvalue weighted by atomic mass is 19.1. The fourth-order valence-electron chi connectivity index (χ4n) is 4.58. The van der Waals surface area contributed by atoms with E-state index < -0.39 is 0 Å². The highest BCUT2D eigenvalue weighted by Crippen LogP contribution is 2.34. The number of carbonyl (C=O) groups excluding carboxylic acids is 1. The molecule has 0 fully saturated rings. The second-order valence-electron chi connectivity index (χ2n) is 9.64. The van der Waals surface area contributed by atoms with Crippen LogP contribution in [0.4, 0.5) is 10.1 Å². The third kappa shape index (κ3) is 4.50. The SMILES string of the molecule is CC(C)CC(=O)Nc1cncc(-c2cnc3[nH]nc(-c4cc5c(-c6cccc(F)c6)cncc5[nH]4)c3c2)c1. The van der Waals surface area contributed by atoms with Crippen LogP contribution in [0.25, 0.3) is 55.6 Å². The van der Waals surface area contributed by atoms with Gasteiger partial charge in [0.05, 0.1) is 29.3 Å². The molecule has 8 nitrogen and oxygen atoms in total. The summed E-state index contributed by atoms with van der Waals surface area (Å²) in [6.45, 7) is 4.01. The third-order valence-electron chi connectivity index (χ3n) is 6.30. The van der Waals surface area contributed by atoms with Gasteiger partial charge in [-0.2, -0.15) is 5.10 Å². The van der Waals surface area contributed by atoms with Crippen molar-refractivity contribution >= 4 is 33.5 Å². The Morgan fingerprint density at radius 1 is 0.947 bits per heavy atom. The minimum Gasteiger partial charge on any atom is -0.352 e. The molecule has 5 aromatic heterocycles. The number of hydrogen-bond donors (Lipinski definition) is 3. The maximum absolute atomic E-state index is 13.9. The molecule has 3 N–H and O–H groups in total. The lowest BCUT2D eigenvalue weighted by molar-refractivity contribution is -0.116. The first-order chi connectivity index (χ1) is 18.4. The predicted octanol–water partition coefficient (Wildman–Crippen LogP) is 6.35. The summed E-state index contributed by atoms with van der Waals surface area (Å²) in [5, 5.41) is 12.2. The zero-order valence-corrected chi connectivity index (χ0v) is 20.8. The highest BCUT2D eigenvalue weighted by Gasteiger charge is 2.16. The first kappa shape index (κ1) is 23.5. The number of nitrogens with one attached hydrogen (secondary N) is 3. The van der Waals surface area contributed by atoms with E-state index in [0.717, 1.165) is 44.2 Å². The Morgan fingerprint density at radius 3 is 2.63 bits per heavy atom. The molecule has 9 heteroatoms. The molecule has 0 radical (unpaired) electrons. The smallest absolute Gasteiger partial charge is 0.224 e. The molecule has 0 spiro atoms. The summed E-state index contributed by atoms with van der Waals surface area (Å²) in [5.41, 5.74) is 6.80. The average molecular weight is 506 g/mol. The van der Waals surface area contributed by atoms with Crippen molar-refractivity contribution in [2.75, 3.05) is 5.32 Å². The van der Waals surface area contributed by atoms with Gasteiger partial charge in [-0.15, -0.1) is 0 Å². The molecule has 0 saturated carbocycles. The number of fused-ring (bicyclic) bond motifs is 2. The molecule has 1 amide bonds. The molecule has 0 unspecified atom stereocenters. The molecule has 38 heavy (non-hydrogen) atoms. The molecule has 0 aliphatic carbocycles. The average Bonchev–Trinajstić information content (AvgIpc) is 3.52. The van der Waals surface area contributed by atoms with Crippen LogP contribution in [0.5, 0.6) is 0 Å². The minimum absolute atomic E-state index is 0.0458. The van der Waals surface area contributed by atoms with E-state index in [0.29, 0.717) is 23.4 Å². The Kier molecular flexibility index (Phi) is 5.88. The van der Waals surface area contributed by atoms with Crippen LogP contribution in [0.1, 0.15) is 20.3 Å². The predicted molar refractivity (Wildman–Crippen MR) is 146 cm³/mol. The monoisotopic (exact) mass is 505 g/mol. The Bertz CT molecular complexity index is 1800. The van der Waals surface area contributed by atoms with Crippen molar-refractivity contribution in [3.8, 4) is 33.6 Å². The molecule has 0 bridgehead atoms. The number of amides is 1. The van der Waals surface area contributed by atoms with Crippen LogP contribution in [0.15, 0.2) is 73.4 Å². The fraction of sp³-hybridized carbons (Fsp3) is 0.138. The summed E-state index contributed by atoms with van der Waals surface area (Å²) in [4.78, 5) is 28.8. The van der Waals surface area contributed by atoms with Gasteiger partial charge in [0.2, 0.25) is 5.91 Å². The van der Waals surface area contributed by atoms with Crippen molar-refractivity contribution in [3.05, 3.63) is 79.3 Å². The van der Waals surface area contributed by atoms with Gasteiger partial charge in [0.1, 0.15) is 11.5 Å². The number of carbonyl (C=O) groups is 1. The molecule has 6 aromatic rings. The molecule has 6 rings (SSSR count). The van der Waals surface area contributed by atoms with Crippen LogP contribution in [-0.4, -0.2) is 36.0 Å². The van der Waals surface area contributed by atoms with E-state index >= 15 is 0 Å². The number of rotatable bonds is 6. The molecule has 0 aliphatic heterocycles. The van der Waals surface area contributed by atoms with Crippen LogP contribution < -0.4 is 5.32 Å². The van der Waals surface area contributed by atoms with Gasteiger partial charge >= 0.3 is 0 Å². The van der Waals surface area contributed by atoms with Gasteiger partial charge in [-0.25, -0.2) is 9.37 Å². The highest BCUT2D eigenvalue weighted by molar-refractivity contribution is 6.00. The van der Waals surface area contributed by atoms with Crippen LogP contribution >= 0.6 is 0 Å². The van der Waals surface area contributed by atoms with E-state index in [1.165, 1.54) is 12.1 Å². The summed E-state index contributed by atoms with van der Waals surface area (Å²) in [5.74, 6) is -0.0802. The number of aromatic nitrogens is 6. The Hall–Kier alpha value is -4.92. The van der Waals surface area contributed by atoms with Gasteiger partial charge in [0.15, 0.2) is 5.65 Å². The second kappa shape index (κ2) is 9.51. The van der Waals surface area contributed by atoms with Crippen LogP contribution in [0.3, 0.4) is 0 Å². The van der Waals surface area contributed by atoms with Gasteiger partial charge in [-0.05, 0) is 41.8 Å². The molecule has 0 saturated heterocycles. The largest absolute Gasteiger partial charge is 0.352 e. The summed E-state index contributed by atoms with van der Waals surface area (Å²) in [6, 6.07) is 12.3. The Balaban J connectivity index is 1.38. The van der Waals surface area contributed by atoms with Crippen molar-refractivity contribution in [2.45, 2.75) is 20.3 Å². The molecule has 0 aliphatic rings. The van der Waals surface area contributed by atoms with E-state index in [-0.39, 0.29) is 17.6 Å². The standard InChI is InChI=1S/C29H24FN7O/c1-16(2)6-27(38)34-21-8-18(11-31-13-21)19-9-23-28(36-37-29(23)33-12-19)25-10-22-24(14-32-15-26(22)35-25)17-4-3-5-20(30)7-17/h3-5,7-16,35H,6H2,1-2H3,(H,34,38)(H,33,36,37). The van der Waals surface area contributed by atoms with E-state index in [1.54, 1.807) is 37.1 Å². The molecular formula is C29H24FN7O. The number of halogens is 1. The van der Waals surface area contributed by atoms with Crippen molar-refractivity contribution in [2.24, 2.45) is 5.92 Å². The Labute approximate surface area is 217 Å². The number of H-pyrrole nitrogens is 2. The van der Waals surface area contributed by atoms with E-state index in [1.807, 2.05) is 38.1 Å². The zero-order chi connectivity index (χ0) is 26.2.